The second-order valence-corrected chi connectivity index (χ2v) is 5.63. The van der Waals surface area contributed by atoms with Crippen LogP contribution >= 0.6 is 24.0 Å². The zero-order valence-corrected chi connectivity index (χ0v) is 16.3. The Morgan fingerprint density at radius 1 is 1.23 bits per heavy atom. The number of guanidine groups is 1. The van der Waals surface area contributed by atoms with Gasteiger partial charge in [-0.3, -0.25) is 4.79 Å². The first kappa shape index (κ1) is 20.0. The molecule has 2 aromatic rings. The minimum absolute atomic E-state index is 0. The maximum atomic E-state index is 12.8. The summed E-state index contributed by atoms with van der Waals surface area (Å²) in [6.07, 6.45) is 0.759. The monoisotopic (exact) mass is 470 g/mol. The number of hydrogen-bond donors (Lipinski definition) is 3. The number of ether oxygens (including phenoxy) is 1. The molecule has 6 nitrogen and oxygen atoms in total. The summed E-state index contributed by atoms with van der Waals surface area (Å²) in [5, 5.41) is 5.75. The van der Waals surface area contributed by atoms with E-state index >= 15 is 0 Å². The van der Waals surface area contributed by atoms with Gasteiger partial charge in [0.25, 0.3) is 0 Å². The Labute approximate surface area is 168 Å². The van der Waals surface area contributed by atoms with Gasteiger partial charge in [-0.1, -0.05) is 18.2 Å². The quantitative estimate of drug-likeness (QED) is 0.365. The molecule has 0 bridgehead atoms. The first-order chi connectivity index (χ1) is 12.1. The summed E-state index contributed by atoms with van der Waals surface area (Å²) in [4.78, 5) is 15.9. The summed E-state index contributed by atoms with van der Waals surface area (Å²) < 4.78 is 18.4. The van der Waals surface area contributed by atoms with Crippen LogP contribution in [-0.4, -0.2) is 25.0 Å². The zero-order valence-electron chi connectivity index (χ0n) is 13.9. The predicted molar refractivity (Wildman–Crippen MR) is 109 cm³/mol. The molecule has 0 saturated heterocycles. The molecule has 1 atom stereocenters. The average molecular weight is 470 g/mol. The van der Waals surface area contributed by atoms with Crippen molar-refractivity contribution in [3.8, 4) is 5.75 Å². The van der Waals surface area contributed by atoms with E-state index in [0.717, 1.165) is 17.7 Å². The van der Waals surface area contributed by atoms with Crippen LogP contribution in [0.3, 0.4) is 0 Å². The number of carbonyl (C=O) groups is 1. The molecule has 2 aromatic carbocycles. The van der Waals surface area contributed by atoms with Crippen molar-refractivity contribution in [2.45, 2.75) is 12.5 Å². The zero-order chi connectivity index (χ0) is 17.6. The number of amides is 1. The van der Waals surface area contributed by atoms with Crippen LogP contribution in [0.1, 0.15) is 18.0 Å². The molecule has 26 heavy (non-hydrogen) atoms. The summed E-state index contributed by atoms with van der Waals surface area (Å²) in [6, 6.07) is 13.2. The fourth-order valence-electron chi connectivity index (χ4n) is 2.61. The summed E-state index contributed by atoms with van der Waals surface area (Å²) in [6.45, 7) is 0.466. The van der Waals surface area contributed by atoms with Crippen LogP contribution in [0.5, 0.6) is 5.75 Å². The van der Waals surface area contributed by atoms with Gasteiger partial charge in [-0.05, 0) is 30.3 Å². The van der Waals surface area contributed by atoms with Crippen LogP contribution in [0.2, 0.25) is 0 Å². The van der Waals surface area contributed by atoms with Crippen LogP contribution in [0, 0.1) is 5.82 Å². The summed E-state index contributed by atoms with van der Waals surface area (Å²) in [7, 11) is 0. The predicted octanol–water partition coefficient (Wildman–Crippen LogP) is 2.81. The number of nitrogens with two attached hydrogens (primary N) is 1. The summed E-state index contributed by atoms with van der Waals surface area (Å²) in [5.74, 6) is 0.328. The van der Waals surface area contributed by atoms with Crippen molar-refractivity contribution in [3.63, 3.8) is 0 Å². The van der Waals surface area contributed by atoms with E-state index in [4.69, 9.17) is 10.5 Å². The standard InChI is InChI=1S/C18H19FN4O2.HI/c19-12-5-7-13(8-6-12)22-17(24)11-21-18(20)23-15-9-10-25-16-4-2-1-3-14(15)16;/h1-8,15H,9-11H2,(H,22,24)(H3,20,21,23);1H. The Morgan fingerprint density at radius 3 is 2.73 bits per heavy atom. The van der Waals surface area contributed by atoms with Crippen molar-refractivity contribution in [2.75, 3.05) is 18.5 Å². The number of nitrogens with one attached hydrogen (secondary N) is 2. The van der Waals surface area contributed by atoms with Crippen LogP contribution in [0.4, 0.5) is 10.1 Å². The average Bonchev–Trinajstić information content (AvgIpc) is 2.62. The molecule has 1 unspecified atom stereocenters. The molecule has 0 fully saturated rings. The Hall–Kier alpha value is -2.36. The third-order valence-electron chi connectivity index (χ3n) is 3.80. The number of para-hydroxylation sites is 1. The van der Waals surface area contributed by atoms with Crippen LogP contribution in [0.15, 0.2) is 53.5 Å². The van der Waals surface area contributed by atoms with E-state index in [1.54, 1.807) is 0 Å². The van der Waals surface area contributed by atoms with Crippen LogP contribution in [-0.2, 0) is 4.79 Å². The van der Waals surface area contributed by atoms with Gasteiger partial charge in [0.2, 0.25) is 5.91 Å². The molecule has 3 rings (SSSR count). The first-order valence-corrected chi connectivity index (χ1v) is 7.95. The van der Waals surface area contributed by atoms with E-state index in [1.165, 1.54) is 24.3 Å². The van der Waals surface area contributed by atoms with Gasteiger partial charge >= 0.3 is 0 Å². The van der Waals surface area contributed by atoms with Crippen molar-refractivity contribution < 1.29 is 13.9 Å². The lowest BCUT2D eigenvalue weighted by Crippen LogP contribution is -2.38. The fourth-order valence-corrected chi connectivity index (χ4v) is 2.61. The van der Waals surface area contributed by atoms with E-state index in [2.05, 4.69) is 15.6 Å². The van der Waals surface area contributed by atoms with Crippen molar-refractivity contribution in [1.29, 1.82) is 0 Å². The number of benzene rings is 2. The number of halogens is 2. The van der Waals surface area contributed by atoms with Gasteiger partial charge in [-0.15, -0.1) is 24.0 Å². The van der Waals surface area contributed by atoms with Gasteiger partial charge in [-0.25, -0.2) is 9.38 Å². The highest BCUT2D eigenvalue weighted by Gasteiger charge is 2.21. The fraction of sp³-hybridized carbons (Fsp3) is 0.222. The number of carbonyl (C=O) groups excluding carboxylic acids is 1. The molecule has 0 radical (unpaired) electrons. The Morgan fingerprint density at radius 2 is 1.96 bits per heavy atom. The maximum absolute atomic E-state index is 12.8. The molecule has 0 saturated carbocycles. The number of nitrogens with zero attached hydrogens (tertiary/aromatic N) is 1. The Kier molecular flexibility index (Phi) is 7.19. The van der Waals surface area contributed by atoms with Gasteiger partial charge < -0.3 is 21.1 Å². The number of rotatable bonds is 4. The maximum Gasteiger partial charge on any atom is 0.246 e. The van der Waals surface area contributed by atoms with Crippen molar-refractivity contribution in [3.05, 3.63) is 59.9 Å². The van der Waals surface area contributed by atoms with Crippen molar-refractivity contribution >= 4 is 41.5 Å². The van der Waals surface area contributed by atoms with Crippen molar-refractivity contribution in [1.82, 2.24) is 5.32 Å². The molecule has 1 aliphatic rings. The van der Waals surface area contributed by atoms with E-state index in [1.807, 2.05) is 24.3 Å². The molecule has 138 valence electrons. The Balaban J connectivity index is 0.00000243. The highest BCUT2D eigenvalue weighted by Crippen LogP contribution is 2.31. The van der Waals surface area contributed by atoms with Crippen LogP contribution < -0.4 is 21.1 Å². The lowest BCUT2D eigenvalue weighted by Gasteiger charge is -2.26. The van der Waals surface area contributed by atoms with E-state index in [9.17, 15) is 9.18 Å². The third-order valence-corrected chi connectivity index (χ3v) is 3.80. The minimum atomic E-state index is -0.360. The van der Waals surface area contributed by atoms with E-state index in [-0.39, 0.29) is 54.2 Å². The lowest BCUT2D eigenvalue weighted by molar-refractivity contribution is -0.114. The molecule has 4 N–H and O–H groups in total. The number of aliphatic imine (C=N–C) groups is 1. The lowest BCUT2D eigenvalue weighted by atomic mass is 10.0. The molecule has 8 heteroatoms. The largest absolute Gasteiger partial charge is 0.493 e. The molecule has 0 aliphatic carbocycles. The topological polar surface area (TPSA) is 88.7 Å². The molecule has 0 spiro atoms. The molecule has 1 amide bonds. The molecular weight excluding hydrogens is 450 g/mol. The molecular formula is C18H20FIN4O2. The summed E-state index contributed by atoms with van der Waals surface area (Å²) in [5.41, 5.74) is 7.41. The van der Waals surface area contributed by atoms with E-state index < -0.39 is 0 Å². The van der Waals surface area contributed by atoms with Gasteiger partial charge in [-0.2, -0.15) is 0 Å². The smallest absolute Gasteiger partial charge is 0.246 e. The van der Waals surface area contributed by atoms with Gasteiger partial charge in [0.1, 0.15) is 18.1 Å². The number of anilines is 1. The van der Waals surface area contributed by atoms with Crippen LogP contribution in [0.25, 0.3) is 0 Å². The second-order valence-electron chi connectivity index (χ2n) is 5.63. The SMILES string of the molecule is I.NC(=NCC(=O)Nc1ccc(F)cc1)NC1CCOc2ccccc21. The third kappa shape index (κ3) is 5.32. The number of fused-ring (bicyclic) bond motifs is 1. The van der Waals surface area contributed by atoms with Gasteiger partial charge in [0.15, 0.2) is 5.96 Å². The minimum Gasteiger partial charge on any atom is -0.493 e. The number of hydrogen-bond acceptors (Lipinski definition) is 3. The molecule has 1 aliphatic heterocycles. The first-order valence-electron chi connectivity index (χ1n) is 7.95. The highest BCUT2D eigenvalue weighted by atomic mass is 127. The highest BCUT2D eigenvalue weighted by molar-refractivity contribution is 14.0. The van der Waals surface area contributed by atoms with Gasteiger partial charge in [0.05, 0.1) is 12.6 Å². The normalized spacial score (nSPS) is 15.9. The molecule has 1 heterocycles. The van der Waals surface area contributed by atoms with Gasteiger partial charge in [0, 0.05) is 17.7 Å². The molecule has 0 aromatic heterocycles. The van der Waals surface area contributed by atoms with Crippen molar-refractivity contribution in [2.24, 2.45) is 10.7 Å². The Bertz CT molecular complexity index is 783. The second kappa shape index (κ2) is 9.37. The van der Waals surface area contributed by atoms with E-state index in [0.29, 0.717) is 12.3 Å². The summed E-state index contributed by atoms with van der Waals surface area (Å²) >= 11 is 0.